The van der Waals surface area contributed by atoms with E-state index >= 15 is 0 Å². The number of hydrogen-bond acceptors (Lipinski definition) is 4. The van der Waals surface area contributed by atoms with Crippen molar-refractivity contribution in [3.8, 4) is 0 Å². The molecule has 1 heterocycles. The van der Waals surface area contributed by atoms with Crippen molar-refractivity contribution in [2.24, 2.45) is 0 Å². The summed E-state index contributed by atoms with van der Waals surface area (Å²) < 4.78 is 0. The Bertz CT molecular complexity index is 433. The number of nitrogens with zero attached hydrogens (tertiary/aromatic N) is 2. The topological polar surface area (TPSA) is 58.0 Å². The van der Waals surface area contributed by atoms with Crippen LogP contribution in [0.15, 0.2) is 0 Å². The first-order valence-electron chi connectivity index (χ1n) is 7.39. The normalized spacial score (nSPS) is 15.2. The van der Waals surface area contributed by atoms with Crippen molar-refractivity contribution >= 4 is 5.82 Å². The Labute approximate surface area is 115 Å². The standard InChI is InChI=1S/C15H25N3O/c1-4-15(5-2,10-19)18-14-12-8-6-7-9-13(12)16-11(3)17-14/h19H,4-10H2,1-3H3,(H,16,17,18). The Balaban J connectivity index is 2.36. The number of aliphatic hydroxyl groups excluding tert-OH is 1. The highest BCUT2D eigenvalue weighted by molar-refractivity contribution is 5.49. The van der Waals surface area contributed by atoms with Gasteiger partial charge in [0.25, 0.3) is 0 Å². The highest BCUT2D eigenvalue weighted by atomic mass is 16.3. The van der Waals surface area contributed by atoms with Crippen molar-refractivity contribution in [2.75, 3.05) is 11.9 Å². The summed E-state index contributed by atoms with van der Waals surface area (Å²) in [5.74, 6) is 1.77. The van der Waals surface area contributed by atoms with Crippen LogP contribution in [0, 0.1) is 6.92 Å². The van der Waals surface area contributed by atoms with E-state index in [-0.39, 0.29) is 12.1 Å². The Morgan fingerprint density at radius 2 is 1.84 bits per heavy atom. The third kappa shape index (κ3) is 2.89. The molecule has 0 unspecified atom stereocenters. The zero-order valence-corrected chi connectivity index (χ0v) is 12.3. The minimum atomic E-state index is -0.258. The van der Waals surface area contributed by atoms with E-state index in [9.17, 15) is 5.11 Å². The summed E-state index contributed by atoms with van der Waals surface area (Å²) >= 11 is 0. The summed E-state index contributed by atoms with van der Waals surface area (Å²) in [6.45, 7) is 6.29. The molecule has 0 bridgehead atoms. The number of nitrogens with one attached hydrogen (secondary N) is 1. The van der Waals surface area contributed by atoms with Crippen LogP contribution in [-0.4, -0.2) is 27.2 Å². The first-order chi connectivity index (χ1) is 9.14. The minimum absolute atomic E-state index is 0.137. The third-order valence-corrected chi connectivity index (χ3v) is 4.33. The van der Waals surface area contributed by atoms with E-state index < -0.39 is 0 Å². The molecule has 106 valence electrons. The second-order valence-electron chi connectivity index (χ2n) is 5.52. The molecule has 0 radical (unpaired) electrons. The van der Waals surface area contributed by atoms with Crippen LogP contribution in [0.2, 0.25) is 0 Å². The highest BCUT2D eigenvalue weighted by Gasteiger charge is 2.28. The Hall–Kier alpha value is -1.16. The molecular formula is C15H25N3O. The number of hydrogen-bond donors (Lipinski definition) is 2. The molecule has 4 nitrogen and oxygen atoms in total. The fraction of sp³-hybridized carbons (Fsp3) is 0.733. The van der Waals surface area contributed by atoms with E-state index in [1.807, 2.05) is 6.92 Å². The average molecular weight is 263 g/mol. The molecule has 19 heavy (non-hydrogen) atoms. The fourth-order valence-electron chi connectivity index (χ4n) is 2.76. The maximum absolute atomic E-state index is 9.71. The van der Waals surface area contributed by atoms with Crippen molar-refractivity contribution in [1.82, 2.24) is 9.97 Å². The lowest BCUT2D eigenvalue weighted by Gasteiger charge is -2.33. The van der Waals surface area contributed by atoms with Gasteiger partial charge in [-0.2, -0.15) is 0 Å². The molecule has 0 atom stereocenters. The Morgan fingerprint density at radius 1 is 1.16 bits per heavy atom. The number of fused-ring (bicyclic) bond motifs is 1. The summed E-state index contributed by atoms with van der Waals surface area (Å²) in [4.78, 5) is 9.15. The van der Waals surface area contributed by atoms with Gasteiger partial charge in [0.1, 0.15) is 11.6 Å². The van der Waals surface area contributed by atoms with Crippen molar-refractivity contribution in [3.63, 3.8) is 0 Å². The predicted octanol–water partition coefficient (Wildman–Crippen LogP) is 2.63. The van der Waals surface area contributed by atoms with Crippen LogP contribution in [0.1, 0.15) is 56.6 Å². The van der Waals surface area contributed by atoms with Gasteiger partial charge in [-0.25, -0.2) is 9.97 Å². The van der Waals surface area contributed by atoms with Gasteiger partial charge in [0, 0.05) is 11.3 Å². The van der Waals surface area contributed by atoms with Crippen molar-refractivity contribution in [3.05, 3.63) is 17.1 Å². The number of aliphatic hydroxyl groups is 1. The largest absolute Gasteiger partial charge is 0.394 e. The molecule has 2 rings (SSSR count). The van der Waals surface area contributed by atoms with E-state index in [1.54, 1.807) is 0 Å². The van der Waals surface area contributed by atoms with E-state index in [0.717, 1.165) is 37.3 Å². The number of anilines is 1. The molecule has 4 heteroatoms. The first kappa shape index (κ1) is 14.3. The van der Waals surface area contributed by atoms with Gasteiger partial charge in [-0.1, -0.05) is 13.8 Å². The maximum Gasteiger partial charge on any atom is 0.133 e. The molecule has 0 aliphatic heterocycles. The van der Waals surface area contributed by atoms with Gasteiger partial charge < -0.3 is 10.4 Å². The van der Waals surface area contributed by atoms with E-state index in [2.05, 4.69) is 29.1 Å². The molecule has 2 N–H and O–H groups in total. The van der Waals surface area contributed by atoms with E-state index in [4.69, 9.17) is 0 Å². The van der Waals surface area contributed by atoms with Crippen LogP contribution >= 0.6 is 0 Å². The van der Waals surface area contributed by atoms with Gasteiger partial charge in [-0.05, 0) is 45.4 Å². The molecule has 0 fully saturated rings. The smallest absolute Gasteiger partial charge is 0.133 e. The number of aromatic nitrogens is 2. The van der Waals surface area contributed by atoms with Crippen LogP contribution in [0.5, 0.6) is 0 Å². The summed E-state index contributed by atoms with van der Waals surface area (Å²) in [5, 5.41) is 13.2. The zero-order valence-electron chi connectivity index (χ0n) is 12.3. The van der Waals surface area contributed by atoms with Crippen molar-refractivity contribution in [1.29, 1.82) is 0 Å². The maximum atomic E-state index is 9.71. The first-order valence-corrected chi connectivity index (χ1v) is 7.39. The zero-order chi connectivity index (χ0) is 13.9. The van der Waals surface area contributed by atoms with E-state index in [1.165, 1.54) is 24.1 Å². The lowest BCUT2D eigenvalue weighted by molar-refractivity contribution is 0.202. The van der Waals surface area contributed by atoms with Gasteiger partial charge >= 0.3 is 0 Å². The van der Waals surface area contributed by atoms with Gasteiger partial charge in [0.15, 0.2) is 0 Å². The average Bonchev–Trinajstić information content (AvgIpc) is 2.44. The molecule has 0 amide bonds. The van der Waals surface area contributed by atoms with Gasteiger partial charge in [0.2, 0.25) is 0 Å². The van der Waals surface area contributed by atoms with E-state index in [0.29, 0.717) is 0 Å². The van der Waals surface area contributed by atoms with Crippen LogP contribution in [0.25, 0.3) is 0 Å². The molecule has 1 aromatic heterocycles. The molecule has 0 saturated carbocycles. The van der Waals surface area contributed by atoms with Crippen LogP contribution in [0.4, 0.5) is 5.82 Å². The number of aryl methyl sites for hydroxylation is 2. The Morgan fingerprint density at radius 3 is 2.47 bits per heavy atom. The van der Waals surface area contributed by atoms with Crippen LogP contribution < -0.4 is 5.32 Å². The summed E-state index contributed by atoms with van der Waals surface area (Å²) in [7, 11) is 0. The fourth-order valence-corrected chi connectivity index (χ4v) is 2.76. The van der Waals surface area contributed by atoms with Crippen molar-refractivity contribution in [2.45, 2.75) is 64.8 Å². The second-order valence-corrected chi connectivity index (χ2v) is 5.52. The molecule has 0 spiro atoms. The quantitative estimate of drug-likeness (QED) is 0.857. The minimum Gasteiger partial charge on any atom is -0.394 e. The predicted molar refractivity (Wildman–Crippen MR) is 77.4 cm³/mol. The van der Waals surface area contributed by atoms with Gasteiger partial charge in [-0.3, -0.25) is 0 Å². The SMILES string of the molecule is CCC(CC)(CO)Nc1nc(C)nc2c1CCCC2. The van der Waals surface area contributed by atoms with Gasteiger partial charge in [0.05, 0.1) is 12.1 Å². The van der Waals surface area contributed by atoms with Crippen LogP contribution in [-0.2, 0) is 12.8 Å². The molecule has 1 aromatic rings. The second kappa shape index (κ2) is 5.87. The molecule has 1 aliphatic rings. The molecule has 0 aromatic carbocycles. The molecule has 0 saturated heterocycles. The monoisotopic (exact) mass is 263 g/mol. The summed E-state index contributed by atoms with van der Waals surface area (Å²) in [5.41, 5.74) is 2.20. The van der Waals surface area contributed by atoms with Gasteiger partial charge in [-0.15, -0.1) is 0 Å². The van der Waals surface area contributed by atoms with Crippen molar-refractivity contribution < 1.29 is 5.11 Å². The third-order valence-electron chi connectivity index (χ3n) is 4.33. The van der Waals surface area contributed by atoms with Crippen LogP contribution in [0.3, 0.4) is 0 Å². The number of rotatable bonds is 5. The Kier molecular flexibility index (Phi) is 4.40. The lowest BCUT2D eigenvalue weighted by Crippen LogP contribution is -2.41. The lowest BCUT2D eigenvalue weighted by atomic mass is 9.91. The molecular weight excluding hydrogens is 238 g/mol. The highest BCUT2D eigenvalue weighted by Crippen LogP contribution is 2.29. The summed E-state index contributed by atoms with van der Waals surface area (Å²) in [6, 6.07) is 0. The summed E-state index contributed by atoms with van der Waals surface area (Å²) in [6.07, 6.45) is 6.30. The molecule has 1 aliphatic carbocycles.